The zero-order valence-electron chi connectivity index (χ0n) is 12.8. The summed E-state index contributed by atoms with van der Waals surface area (Å²) in [6, 6.07) is 5.21. The Hall–Kier alpha value is -1.91. The van der Waals surface area contributed by atoms with E-state index in [1.807, 2.05) is 13.8 Å². The maximum atomic E-state index is 13.4. The normalized spacial score (nSPS) is 27.5. The third kappa shape index (κ3) is 2.64. The Kier molecular flexibility index (Phi) is 4.03. The molecular formula is C16H21FN2O2. The van der Waals surface area contributed by atoms with Crippen LogP contribution in [0.2, 0.25) is 0 Å². The van der Waals surface area contributed by atoms with E-state index >= 15 is 0 Å². The second kappa shape index (κ2) is 5.47. The summed E-state index contributed by atoms with van der Waals surface area (Å²) >= 11 is 0. The minimum Gasteiger partial charge on any atom is -0.340 e. The van der Waals surface area contributed by atoms with Crippen LogP contribution < -0.4 is 5.32 Å². The van der Waals surface area contributed by atoms with Gasteiger partial charge in [-0.05, 0) is 44.9 Å². The summed E-state index contributed by atoms with van der Waals surface area (Å²) in [6.45, 7) is 7.10. The van der Waals surface area contributed by atoms with E-state index in [2.05, 4.69) is 5.32 Å². The summed E-state index contributed by atoms with van der Waals surface area (Å²) in [4.78, 5) is 26.5. The van der Waals surface area contributed by atoms with Crippen LogP contribution in [0.25, 0.3) is 0 Å². The minimum atomic E-state index is -0.898. The molecule has 1 aromatic carbocycles. The lowest BCUT2D eigenvalue weighted by Gasteiger charge is -2.45. The first kappa shape index (κ1) is 15.5. The van der Waals surface area contributed by atoms with Crippen LogP contribution in [0.15, 0.2) is 24.3 Å². The molecular weight excluding hydrogens is 271 g/mol. The predicted molar refractivity (Wildman–Crippen MR) is 78.0 cm³/mol. The van der Waals surface area contributed by atoms with Crippen LogP contribution in [0.3, 0.4) is 0 Å². The fourth-order valence-corrected chi connectivity index (χ4v) is 2.69. The van der Waals surface area contributed by atoms with E-state index in [0.29, 0.717) is 12.0 Å². The van der Waals surface area contributed by atoms with Crippen LogP contribution in [-0.4, -0.2) is 28.3 Å². The first-order valence-corrected chi connectivity index (χ1v) is 7.20. The molecule has 0 aromatic heterocycles. The molecule has 114 valence electrons. The Balaban J connectivity index is 2.39. The Morgan fingerprint density at radius 3 is 2.67 bits per heavy atom. The van der Waals surface area contributed by atoms with Gasteiger partial charge in [-0.3, -0.25) is 9.59 Å². The Bertz CT molecular complexity index is 575. The van der Waals surface area contributed by atoms with E-state index in [4.69, 9.17) is 0 Å². The van der Waals surface area contributed by atoms with Gasteiger partial charge in [0.15, 0.2) is 0 Å². The maximum Gasteiger partial charge on any atom is 0.249 e. The summed E-state index contributed by atoms with van der Waals surface area (Å²) in [5, 5.41) is 2.79. The average molecular weight is 292 g/mol. The van der Waals surface area contributed by atoms with Gasteiger partial charge in [-0.15, -0.1) is 0 Å². The number of carbonyl (C=O) groups is 2. The quantitative estimate of drug-likeness (QED) is 0.930. The average Bonchev–Trinajstić information content (AvgIpc) is 2.45. The fourth-order valence-electron chi connectivity index (χ4n) is 2.69. The van der Waals surface area contributed by atoms with Gasteiger partial charge in [0, 0.05) is 0 Å². The van der Waals surface area contributed by atoms with Crippen molar-refractivity contribution in [3.63, 3.8) is 0 Å². The van der Waals surface area contributed by atoms with Crippen molar-refractivity contribution in [3.8, 4) is 0 Å². The van der Waals surface area contributed by atoms with Crippen molar-refractivity contribution in [2.24, 2.45) is 0 Å². The molecule has 1 aliphatic rings. The van der Waals surface area contributed by atoms with Crippen LogP contribution in [0.4, 0.5) is 4.39 Å². The summed E-state index contributed by atoms with van der Waals surface area (Å²) in [6.07, 6.45) is 0.511. The number of hydrogen-bond acceptors (Lipinski definition) is 2. The van der Waals surface area contributed by atoms with E-state index in [1.165, 1.54) is 12.1 Å². The van der Waals surface area contributed by atoms with Crippen LogP contribution in [0, 0.1) is 5.82 Å². The number of halogens is 1. The molecule has 1 fully saturated rings. The summed E-state index contributed by atoms with van der Waals surface area (Å²) < 4.78 is 13.4. The van der Waals surface area contributed by atoms with Crippen molar-refractivity contribution in [1.29, 1.82) is 0 Å². The van der Waals surface area contributed by atoms with Crippen molar-refractivity contribution in [1.82, 2.24) is 10.2 Å². The lowest BCUT2D eigenvalue weighted by molar-refractivity contribution is -0.156. The van der Waals surface area contributed by atoms with Crippen LogP contribution >= 0.6 is 0 Å². The molecule has 0 bridgehead atoms. The molecule has 2 rings (SSSR count). The molecule has 4 nitrogen and oxygen atoms in total. The molecule has 0 radical (unpaired) electrons. The van der Waals surface area contributed by atoms with Gasteiger partial charge >= 0.3 is 0 Å². The van der Waals surface area contributed by atoms with E-state index < -0.39 is 11.6 Å². The van der Waals surface area contributed by atoms with E-state index in [-0.39, 0.29) is 23.7 Å². The fraction of sp³-hybridized carbons (Fsp3) is 0.500. The number of amides is 2. The van der Waals surface area contributed by atoms with Gasteiger partial charge in [0.25, 0.3) is 0 Å². The second-order valence-electron chi connectivity index (χ2n) is 5.79. The van der Waals surface area contributed by atoms with Gasteiger partial charge in [-0.2, -0.15) is 0 Å². The number of nitrogens with zero attached hydrogens (tertiary/aromatic N) is 1. The lowest BCUT2D eigenvalue weighted by Crippen LogP contribution is -2.68. The standard InChI is InChI=1S/C16H21FN2O2/c1-5-16(4)15(21)19(11(3)14(20)18-16)10(2)12-7-6-8-13(17)9-12/h6-11H,5H2,1-4H3,(H,18,20). The van der Waals surface area contributed by atoms with Crippen LogP contribution in [0.1, 0.15) is 45.7 Å². The van der Waals surface area contributed by atoms with Crippen molar-refractivity contribution in [2.45, 2.75) is 51.7 Å². The summed E-state index contributed by atoms with van der Waals surface area (Å²) in [7, 11) is 0. The molecule has 5 heteroatoms. The summed E-state index contributed by atoms with van der Waals surface area (Å²) in [5.41, 5.74) is -0.214. The highest BCUT2D eigenvalue weighted by molar-refractivity contribution is 5.99. The number of rotatable bonds is 3. The minimum absolute atomic E-state index is 0.131. The largest absolute Gasteiger partial charge is 0.340 e. The van der Waals surface area contributed by atoms with Gasteiger partial charge in [0.1, 0.15) is 17.4 Å². The van der Waals surface area contributed by atoms with Gasteiger partial charge in [0.2, 0.25) is 11.8 Å². The molecule has 1 aromatic rings. The van der Waals surface area contributed by atoms with Gasteiger partial charge in [-0.25, -0.2) is 4.39 Å². The van der Waals surface area contributed by atoms with Crippen molar-refractivity contribution in [2.75, 3.05) is 0 Å². The zero-order valence-corrected chi connectivity index (χ0v) is 12.8. The van der Waals surface area contributed by atoms with Crippen molar-refractivity contribution in [3.05, 3.63) is 35.6 Å². The van der Waals surface area contributed by atoms with Crippen molar-refractivity contribution < 1.29 is 14.0 Å². The highest BCUT2D eigenvalue weighted by Crippen LogP contribution is 2.30. The molecule has 1 heterocycles. The van der Waals surface area contributed by atoms with Crippen molar-refractivity contribution >= 4 is 11.8 Å². The molecule has 1 saturated heterocycles. The third-order valence-electron chi connectivity index (χ3n) is 4.36. The SMILES string of the molecule is CCC1(C)NC(=O)C(C)N(C(C)c2cccc(F)c2)C1=O. The third-order valence-corrected chi connectivity index (χ3v) is 4.36. The zero-order chi connectivity index (χ0) is 15.8. The summed E-state index contributed by atoms with van der Waals surface area (Å²) in [5.74, 6) is -0.657. The van der Waals surface area contributed by atoms with Crippen LogP contribution in [0.5, 0.6) is 0 Å². The monoisotopic (exact) mass is 292 g/mol. The van der Waals surface area contributed by atoms with Crippen LogP contribution in [-0.2, 0) is 9.59 Å². The first-order chi connectivity index (χ1) is 9.80. The maximum absolute atomic E-state index is 13.4. The molecule has 21 heavy (non-hydrogen) atoms. The smallest absolute Gasteiger partial charge is 0.249 e. The lowest BCUT2D eigenvalue weighted by atomic mass is 9.90. The van der Waals surface area contributed by atoms with E-state index in [1.54, 1.807) is 30.9 Å². The number of nitrogens with one attached hydrogen (secondary N) is 1. The molecule has 1 N–H and O–H groups in total. The Labute approximate surface area is 124 Å². The molecule has 1 aliphatic heterocycles. The predicted octanol–water partition coefficient (Wildman–Crippen LogP) is 2.40. The molecule has 0 spiro atoms. The van der Waals surface area contributed by atoms with E-state index in [9.17, 15) is 14.0 Å². The number of piperazine rings is 1. The highest BCUT2D eigenvalue weighted by atomic mass is 19.1. The number of hydrogen-bond donors (Lipinski definition) is 1. The molecule has 2 amide bonds. The molecule has 0 aliphatic carbocycles. The van der Waals surface area contributed by atoms with Gasteiger partial charge in [-0.1, -0.05) is 19.1 Å². The molecule has 0 saturated carbocycles. The molecule has 3 unspecified atom stereocenters. The Morgan fingerprint density at radius 2 is 2.10 bits per heavy atom. The van der Waals surface area contributed by atoms with Gasteiger partial charge < -0.3 is 10.2 Å². The topological polar surface area (TPSA) is 49.4 Å². The Morgan fingerprint density at radius 1 is 1.43 bits per heavy atom. The highest BCUT2D eigenvalue weighted by Gasteiger charge is 2.47. The first-order valence-electron chi connectivity index (χ1n) is 7.20. The number of benzene rings is 1. The van der Waals surface area contributed by atoms with E-state index in [0.717, 1.165) is 0 Å². The van der Waals surface area contributed by atoms with Gasteiger partial charge in [0.05, 0.1) is 6.04 Å². The second-order valence-corrected chi connectivity index (χ2v) is 5.79. The molecule has 3 atom stereocenters. The number of carbonyl (C=O) groups excluding carboxylic acids is 2.